The Morgan fingerprint density at radius 2 is 1.81 bits per heavy atom. The van der Waals surface area contributed by atoms with E-state index in [-0.39, 0.29) is 0 Å². The zero-order chi connectivity index (χ0) is 11.8. The van der Waals surface area contributed by atoms with Crippen LogP contribution < -0.4 is 0 Å². The molecule has 2 fully saturated rings. The van der Waals surface area contributed by atoms with E-state index in [0.29, 0.717) is 0 Å². The van der Waals surface area contributed by atoms with Crippen LogP contribution in [0, 0.1) is 5.92 Å². The van der Waals surface area contributed by atoms with Gasteiger partial charge < -0.3 is 10.0 Å². The van der Waals surface area contributed by atoms with E-state index < -0.39 is 11.5 Å². The summed E-state index contributed by atoms with van der Waals surface area (Å²) in [5.74, 6) is 0.210. The Balaban J connectivity index is 1.81. The van der Waals surface area contributed by atoms with Crippen molar-refractivity contribution < 1.29 is 9.90 Å². The molecule has 0 radical (unpaired) electrons. The molecule has 0 aromatic rings. The minimum atomic E-state index is -0.719. The number of aliphatic carboxylic acids is 1. The van der Waals surface area contributed by atoms with Crippen LogP contribution in [0.2, 0.25) is 0 Å². The lowest BCUT2D eigenvalue weighted by Gasteiger charge is -2.41. The van der Waals surface area contributed by atoms with Crippen molar-refractivity contribution in [2.24, 2.45) is 5.92 Å². The highest BCUT2D eigenvalue weighted by atomic mass is 16.4. The van der Waals surface area contributed by atoms with Gasteiger partial charge in [0.15, 0.2) is 0 Å². The van der Waals surface area contributed by atoms with E-state index in [9.17, 15) is 4.79 Å². The number of hydrogen-bond acceptors (Lipinski definition) is 3. The Hall–Kier alpha value is -0.610. The maximum atomic E-state index is 11.1. The number of rotatable bonds is 4. The molecule has 1 aliphatic heterocycles. The first-order valence-electron chi connectivity index (χ1n) is 6.21. The number of carboxylic acids is 1. The first kappa shape index (κ1) is 11.9. The number of carboxylic acid groups (broad SMARTS) is 1. The van der Waals surface area contributed by atoms with Crippen LogP contribution in [-0.2, 0) is 4.79 Å². The Labute approximate surface area is 97.2 Å². The molecule has 1 N–H and O–H groups in total. The van der Waals surface area contributed by atoms with Crippen molar-refractivity contribution in [3.63, 3.8) is 0 Å². The van der Waals surface area contributed by atoms with Gasteiger partial charge in [-0.1, -0.05) is 0 Å². The molecule has 4 heteroatoms. The molecule has 0 aromatic carbocycles. The Bertz CT molecular complexity index is 266. The summed E-state index contributed by atoms with van der Waals surface area (Å²) in [4.78, 5) is 15.7. The van der Waals surface area contributed by atoms with Crippen LogP contribution in [0.5, 0.6) is 0 Å². The second-order valence-electron chi connectivity index (χ2n) is 5.60. The Kier molecular flexibility index (Phi) is 3.22. The lowest BCUT2D eigenvalue weighted by atomic mass is 10.0. The summed E-state index contributed by atoms with van der Waals surface area (Å²) in [6.07, 6.45) is 2.78. The third-order valence-electron chi connectivity index (χ3n) is 3.90. The minimum Gasteiger partial charge on any atom is -0.480 e. The molecular weight excluding hydrogens is 204 g/mol. The standard InChI is InChI=1S/C12H22N2O2/c1-12(2,11(15)16)14-7-5-13(6-8-14)9-10-3-4-10/h10H,3-9H2,1-2H3,(H,15,16). The van der Waals surface area contributed by atoms with Gasteiger partial charge in [-0.05, 0) is 32.6 Å². The fourth-order valence-electron chi connectivity index (χ4n) is 2.29. The zero-order valence-corrected chi connectivity index (χ0v) is 10.3. The van der Waals surface area contributed by atoms with Crippen molar-refractivity contribution in [3.8, 4) is 0 Å². The van der Waals surface area contributed by atoms with Crippen LogP contribution in [0.1, 0.15) is 26.7 Å². The molecule has 1 saturated carbocycles. The zero-order valence-electron chi connectivity index (χ0n) is 10.3. The fourth-order valence-corrected chi connectivity index (χ4v) is 2.29. The predicted octanol–water partition coefficient (Wildman–Crippen LogP) is 0.877. The minimum absolute atomic E-state index is 0.717. The van der Waals surface area contributed by atoms with Gasteiger partial charge in [0.25, 0.3) is 0 Å². The molecule has 1 heterocycles. The first-order chi connectivity index (χ1) is 7.50. The van der Waals surface area contributed by atoms with Gasteiger partial charge in [0.2, 0.25) is 0 Å². The molecule has 0 unspecified atom stereocenters. The number of hydrogen-bond donors (Lipinski definition) is 1. The van der Waals surface area contributed by atoms with E-state index in [1.54, 1.807) is 13.8 Å². The Morgan fingerprint density at radius 1 is 1.25 bits per heavy atom. The van der Waals surface area contributed by atoms with E-state index in [2.05, 4.69) is 9.80 Å². The molecule has 1 aliphatic carbocycles. The second kappa shape index (κ2) is 4.34. The molecule has 0 bridgehead atoms. The SMILES string of the molecule is CC(C)(C(=O)O)N1CCN(CC2CC2)CC1. The number of nitrogens with zero attached hydrogens (tertiary/aromatic N) is 2. The van der Waals surface area contributed by atoms with Crippen molar-refractivity contribution in [1.82, 2.24) is 9.80 Å². The normalized spacial score (nSPS) is 24.6. The topological polar surface area (TPSA) is 43.8 Å². The van der Waals surface area contributed by atoms with Crippen LogP contribution >= 0.6 is 0 Å². The molecule has 1 saturated heterocycles. The molecule has 16 heavy (non-hydrogen) atoms. The third-order valence-corrected chi connectivity index (χ3v) is 3.90. The molecular formula is C12H22N2O2. The molecule has 0 atom stereocenters. The van der Waals surface area contributed by atoms with Crippen LogP contribution in [0.15, 0.2) is 0 Å². The van der Waals surface area contributed by atoms with Gasteiger partial charge in [0, 0.05) is 32.7 Å². The molecule has 0 aromatic heterocycles. The summed E-state index contributed by atoms with van der Waals surface area (Å²) < 4.78 is 0. The molecule has 4 nitrogen and oxygen atoms in total. The Morgan fingerprint density at radius 3 is 2.25 bits per heavy atom. The largest absolute Gasteiger partial charge is 0.480 e. The maximum absolute atomic E-state index is 11.1. The molecule has 2 rings (SSSR count). The molecule has 0 amide bonds. The van der Waals surface area contributed by atoms with Gasteiger partial charge in [-0.3, -0.25) is 9.69 Å². The van der Waals surface area contributed by atoms with Crippen LogP contribution in [0.4, 0.5) is 0 Å². The summed E-state index contributed by atoms with van der Waals surface area (Å²) in [7, 11) is 0. The van der Waals surface area contributed by atoms with Crippen molar-refractivity contribution in [1.29, 1.82) is 0 Å². The lowest BCUT2D eigenvalue weighted by Crippen LogP contribution is -2.58. The highest BCUT2D eigenvalue weighted by molar-refractivity contribution is 5.77. The van der Waals surface area contributed by atoms with Gasteiger partial charge >= 0.3 is 5.97 Å². The molecule has 92 valence electrons. The first-order valence-corrected chi connectivity index (χ1v) is 6.21. The quantitative estimate of drug-likeness (QED) is 0.773. The number of carbonyl (C=O) groups is 1. The predicted molar refractivity (Wildman–Crippen MR) is 62.5 cm³/mol. The van der Waals surface area contributed by atoms with E-state index in [1.807, 2.05) is 0 Å². The summed E-state index contributed by atoms with van der Waals surface area (Å²) >= 11 is 0. The van der Waals surface area contributed by atoms with Crippen molar-refractivity contribution in [2.45, 2.75) is 32.2 Å². The van der Waals surface area contributed by atoms with E-state index in [4.69, 9.17) is 5.11 Å². The van der Waals surface area contributed by atoms with Crippen molar-refractivity contribution >= 4 is 5.97 Å². The van der Waals surface area contributed by atoms with E-state index in [0.717, 1.165) is 32.1 Å². The van der Waals surface area contributed by atoms with Crippen LogP contribution in [0.25, 0.3) is 0 Å². The van der Waals surface area contributed by atoms with E-state index >= 15 is 0 Å². The van der Waals surface area contributed by atoms with Gasteiger partial charge in [-0.25, -0.2) is 0 Å². The summed E-state index contributed by atoms with van der Waals surface area (Å²) in [5.41, 5.74) is -0.717. The van der Waals surface area contributed by atoms with Gasteiger partial charge in [-0.2, -0.15) is 0 Å². The van der Waals surface area contributed by atoms with Gasteiger partial charge in [0.1, 0.15) is 5.54 Å². The van der Waals surface area contributed by atoms with Gasteiger partial charge in [-0.15, -0.1) is 0 Å². The van der Waals surface area contributed by atoms with Gasteiger partial charge in [0.05, 0.1) is 0 Å². The second-order valence-corrected chi connectivity index (χ2v) is 5.60. The van der Waals surface area contributed by atoms with E-state index in [1.165, 1.54) is 19.4 Å². The van der Waals surface area contributed by atoms with Crippen LogP contribution in [-0.4, -0.2) is 59.1 Å². The highest BCUT2D eigenvalue weighted by Gasteiger charge is 2.36. The van der Waals surface area contributed by atoms with Crippen molar-refractivity contribution in [3.05, 3.63) is 0 Å². The average Bonchev–Trinajstić information content (AvgIpc) is 3.02. The lowest BCUT2D eigenvalue weighted by molar-refractivity contribution is -0.150. The average molecular weight is 226 g/mol. The highest BCUT2D eigenvalue weighted by Crippen LogP contribution is 2.30. The maximum Gasteiger partial charge on any atom is 0.323 e. The summed E-state index contributed by atoms with van der Waals surface area (Å²) in [6.45, 7) is 8.62. The van der Waals surface area contributed by atoms with Crippen LogP contribution in [0.3, 0.4) is 0 Å². The molecule has 2 aliphatic rings. The smallest absolute Gasteiger partial charge is 0.323 e. The number of piperazine rings is 1. The van der Waals surface area contributed by atoms with Crippen molar-refractivity contribution in [2.75, 3.05) is 32.7 Å². The monoisotopic (exact) mass is 226 g/mol. The fraction of sp³-hybridized carbons (Fsp3) is 0.917. The molecule has 0 spiro atoms. The third kappa shape index (κ3) is 2.55. The summed E-state index contributed by atoms with van der Waals surface area (Å²) in [5, 5.41) is 9.16. The summed E-state index contributed by atoms with van der Waals surface area (Å²) in [6, 6.07) is 0.